The third kappa shape index (κ3) is 4.83. The molecule has 2 bridgehead atoms. The lowest BCUT2D eigenvalue weighted by Gasteiger charge is -2.32. The van der Waals surface area contributed by atoms with Gasteiger partial charge in [-0.25, -0.2) is 9.37 Å². The first-order valence-corrected chi connectivity index (χ1v) is 9.99. The molecular formula is C22H28FN7O. The van der Waals surface area contributed by atoms with E-state index in [-0.39, 0.29) is 18.2 Å². The summed E-state index contributed by atoms with van der Waals surface area (Å²) in [6, 6.07) is 6.29. The van der Waals surface area contributed by atoms with Gasteiger partial charge in [-0.15, -0.1) is 0 Å². The number of amidine groups is 1. The molecule has 1 unspecified atom stereocenters. The van der Waals surface area contributed by atoms with Gasteiger partial charge in [0.2, 0.25) is 0 Å². The fraction of sp³-hybridized carbons (Fsp3) is 0.318. The van der Waals surface area contributed by atoms with Crippen LogP contribution < -0.4 is 21.5 Å². The second-order valence-corrected chi connectivity index (χ2v) is 7.23. The highest BCUT2D eigenvalue weighted by atomic mass is 19.1. The molecule has 0 amide bonds. The minimum atomic E-state index is -0.414. The Hall–Kier alpha value is -3.46. The maximum absolute atomic E-state index is 14.1. The second kappa shape index (κ2) is 9.57. The Morgan fingerprint density at radius 2 is 2.23 bits per heavy atom. The van der Waals surface area contributed by atoms with Gasteiger partial charge in [0.05, 0.1) is 11.5 Å². The first-order valence-electron chi connectivity index (χ1n) is 9.99. The van der Waals surface area contributed by atoms with Gasteiger partial charge in [-0.05, 0) is 43.2 Å². The van der Waals surface area contributed by atoms with Gasteiger partial charge in [-0.2, -0.15) is 0 Å². The normalized spacial score (nSPS) is 19.2. The Morgan fingerprint density at radius 1 is 1.45 bits per heavy atom. The number of nitrogens with two attached hydrogens (primary N) is 2. The number of pyridine rings is 1. The summed E-state index contributed by atoms with van der Waals surface area (Å²) in [5.74, 6) is 0.590. The van der Waals surface area contributed by atoms with Crippen molar-refractivity contribution in [1.82, 2.24) is 15.2 Å². The number of hydrogen-bond acceptors (Lipinski definition) is 7. The van der Waals surface area contributed by atoms with Crippen LogP contribution >= 0.6 is 0 Å². The lowest BCUT2D eigenvalue weighted by Crippen LogP contribution is -2.40. The molecule has 1 atom stereocenters. The lowest BCUT2D eigenvalue weighted by atomic mass is 10.0. The van der Waals surface area contributed by atoms with E-state index in [1.807, 2.05) is 6.92 Å². The highest BCUT2D eigenvalue weighted by molar-refractivity contribution is 6.13. The van der Waals surface area contributed by atoms with Crippen molar-refractivity contribution in [3.63, 3.8) is 0 Å². The van der Waals surface area contributed by atoms with Crippen LogP contribution in [0.1, 0.15) is 36.7 Å². The van der Waals surface area contributed by atoms with Crippen LogP contribution in [0.25, 0.3) is 0 Å². The summed E-state index contributed by atoms with van der Waals surface area (Å²) in [7, 11) is 1.80. The Morgan fingerprint density at radius 3 is 2.90 bits per heavy atom. The van der Waals surface area contributed by atoms with Crippen LogP contribution in [0, 0.1) is 11.2 Å². The van der Waals surface area contributed by atoms with Crippen molar-refractivity contribution in [3.05, 3.63) is 64.7 Å². The number of hydrogen-bond donors (Lipinski definition) is 4. The monoisotopic (exact) mass is 425 g/mol. The number of benzene rings is 1. The largest absolute Gasteiger partial charge is 0.485 e. The zero-order chi connectivity index (χ0) is 22.5. The molecule has 2 heterocycles. The SMILES string of the molecule is CCN=C1C(=CN)CNC(N(C)C(C)=N)c2ccc(F)cc2COc2cc1cnc2N. The molecule has 6 N–H and O–H groups in total. The van der Waals surface area contributed by atoms with Gasteiger partial charge in [0.25, 0.3) is 0 Å². The molecule has 3 rings (SSSR count). The van der Waals surface area contributed by atoms with Crippen LogP contribution in [0.2, 0.25) is 0 Å². The van der Waals surface area contributed by atoms with E-state index in [9.17, 15) is 4.39 Å². The Bertz CT molecular complexity index is 1030. The molecule has 1 aliphatic heterocycles. The quantitative estimate of drug-likeness (QED) is 0.433. The minimum Gasteiger partial charge on any atom is -0.485 e. The van der Waals surface area contributed by atoms with E-state index in [0.29, 0.717) is 35.9 Å². The number of anilines is 1. The summed E-state index contributed by atoms with van der Waals surface area (Å²) < 4.78 is 20.0. The summed E-state index contributed by atoms with van der Waals surface area (Å²) in [5.41, 5.74) is 15.6. The zero-order valence-corrected chi connectivity index (χ0v) is 17.9. The molecule has 164 valence electrons. The smallest absolute Gasteiger partial charge is 0.166 e. The predicted octanol–water partition coefficient (Wildman–Crippen LogP) is 2.56. The van der Waals surface area contributed by atoms with Crippen LogP contribution in [0.3, 0.4) is 0 Å². The van der Waals surface area contributed by atoms with Crippen molar-refractivity contribution in [1.29, 1.82) is 5.41 Å². The summed E-state index contributed by atoms with van der Waals surface area (Å²) >= 11 is 0. The van der Waals surface area contributed by atoms with E-state index in [2.05, 4.69) is 15.3 Å². The second-order valence-electron chi connectivity index (χ2n) is 7.23. The number of nitrogens with one attached hydrogen (secondary N) is 2. The van der Waals surface area contributed by atoms with Crippen LogP contribution in [0.15, 0.2) is 47.2 Å². The molecule has 0 aliphatic carbocycles. The van der Waals surface area contributed by atoms with Crippen LogP contribution in [-0.2, 0) is 6.61 Å². The standard InChI is InChI=1S/C22H28FN7O/c1-4-27-20-14-8-19(21(26)28-10-14)31-12-15-7-17(23)5-6-18(15)22(30(3)13(2)25)29-11-16(20)9-24/h5-10,22,25,29H,4,11-12,24H2,1-3H3,(H2,26,28). The topological polar surface area (TPSA) is 126 Å². The fourth-order valence-corrected chi connectivity index (χ4v) is 3.44. The van der Waals surface area contributed by atoms with Crippen molar-refractivity contribution in [3.8, 4) is 5.75 Å². The van der Waals surface area contributed by atoms with Gasteiger partial charge < -0.3 is 21.1 Å². The van der Waals surface area contributed by atoms with Gasteiger partial charge >= 0.3 is 0 Å². The summed E-state index contributed by atoms with van der Waals surface area (Å²) in [4.78, 5) is 10.6. The Balaban J connectivity index is 2.18. The molecule has 1 aromatic carbocycles. The fourth-order valence-electron chi connectivity index (χ4n) is 3.44. The summed E-state index contributed by atoms with van der Waals surface area (Å²) in [5, 5.41) is 11.6. The number of aromatic nitrogens is 1. The van der Waals surface area contributed by atoms with Crippen LogP contribution in [0.4, 0.5) is 10.2 Å². The summed E-state index contributed by atoms with van der Waals surface area (Å²) in [6.45, 7) is 4.64. The maximum atomic E-state index is 14.1. The lowest BCUT2D eigenvalue weighted by molar-refractivity contribution is 0.286. The highest BCUT2D eigenvalue weighted by Gasteiger charge is 2.24. The van der Waals surface area contributed by atoms with E-state index in [1.165, 1.54) is 18.3 Å². The number of aliphatic imine (C=N–C) groups is 1. The number of ether oxygens (including phenoxy) is 1. The molecular weight excluding hydrogens is 397 g/mol. The third-order valence-electron chi connectivity index (χ3n) is 5.16. The van der Waals surface area contributed by atoms with Gasteiger partial charge in [0.15, 0.2) is 11.6 Å². The van der Waals surface area contributed by atoms with Gasteiger partial charge in [0.1, 0.15) is 18.6 Å². The molecule has 0 saturated carbocycles. The van der Waals surface area contributed by atoms with Crippen molar-refractivity contribution >= 4 is 17.4 Å². The van der Waals surface area contributed by atoms with Crippen molar-refractivity contribution < 1.29 is 9.13 Å². The van der Waals surface area contributed by atoms with Crippen molar-refractivity contribution in [2.24, 2.45) is 10.7 Å². The Kier molecular flexibility index (Phi) is 6.86. The van der Waals surface area contributed by atoms with Crippen LogP contribution in [-0.4, -0.2) is 41.6 Å². The maximum Gasteiger partial charge on any atom is 0.166 e. The number of rotatable bonds is 2. The van der Waals surface area contributed by atoms with Gasteiger partial charge in [-0.1, -0.05) is 6.07 Å². The molecule has 0 fully saturated rings. The van der Waals surface area contributed by atoms with E-state index < -0.39 is 6.17 Å². The molecule has 0 spiro atoms. The van der Waals surface area contributed by atoms with Gasteiger partial charge in [-0.3, -0.25) is 15.7 Å². The average Bonchev–Trinajstić information content (AvgIpc) is 2.75. The molecule has 2 aromatic rings. The number of nitrogens with zero attached hydrogens (tertiary/aromatic N) is 3. The van der Waals surface area contributed by atoms with E-state index in [4.69, 9.17) is 21.6 Å². The molecule has 8 nitrogen and oxygen atoms in total. The number of fused-ring (bicyclic) bond motifs is 3. The number of nitrogen functional groups attached to an aromatic ring is 1. The summed E-state index contributed by atoms with van der Waals surface area (Å²) in [6.07, 6.45) is 2.72. The zero-order valence-electron chi connectivity index (χ0n) is 17.9. The van der Waals surface area contributed by atoms with E-state index in [1.54, 1.807) is 37.2 Å². The molecule has 0 radical (unpaired) electrons. The molecule has 0 saturated heterocycles. The molecule has 1 aliphatic rings. The first kappa shape index (κ1) is 22.2. The molecule has 31 heavy (non-hydrogen) atoms. The van der Waals surface area contributed by atoms with Crippen molar-refractivity contribution in [2.45, 2.75) is 26.6 Å². The Labute approximate surface area is 181 Å². The number of halogens is 1. The average molecular weight is 426 g/mol. The highest BCUT2D eigenvalue weighted by Crippen LogP contribution is 2.28. The minimum absolute atomic E-state index is 0.0886. The van der Waals surface area contributed by atoms with Crippen LogP contribution in [0.5, 0.6) is 5.75 Å². The third-order valence-corrected chi connectivity index (χ3v) is 5.16. The molecule has 1 aromatic heterocycles. The molecule has 9 heteroatoms. The predicted molar refractivity (Wildman–Crippen MR) is 121 cm³/mol. The first-order chi connectivity index (χ1) is 14.8. The van der Waals surface area contributed by atoms with E-state index >= 15 is 0 Å². The van der Waals surface area contributed by atoms with Gasteiger partial charge in [0, 0.05) is 43.7 Å². The van der Waals surface area contributed by atoms with Crippen molar-refractivity contribution in [2.75, 3.05) is 25.9 Å². The van der Waals surface area contributed by atoms with E-state index in [0.717, 1.165) is 16.7 Å².